The number of Topliss-reactive ketones (excluding diaryl/α,β-unsaturated/α-hetero) is 1. The Bertz CT molecular complexity index is 781. The van der Waals surface area contributed by atoms with E-state index in [1.165, 1.54) is 39.8 Å². The number of hydrogen-bond acceptors (Lipinski definition) is 8. The molecule has 1 N–H and O–H groups in total. The van der Waals surface area contributed by atoms with E-state index in [0.717, 1.165) is 0 Å². The molecule has 2 aromatic rings. The van der Waals surface area contributed by atoms with E-state index in [-0.39, 0.29) is 29.2 Å². The van der Waals surface area contributed by atoms with Crippen molar-refractivity contribution in [2.45, 2.75) is 8.68 Å². The van der Waals surface area contributed by atoms with Gasteiger partial charge < -0.3 is 5.32 Å². The maximum absolute atomic E-state index is 12.1. The number of nitrogens with one attached hydrogen (secondary N) is 1. The summed E-state index contributed by atoms with van der Waals surface area (Å²) in [5.74, 6) is 0.208. The summed E-state index contributed by atoms with van der Waals surface area (Å²) in [7, 11) is 0. The van der Waals surface area contributed by atoms with Crippen molar-refractivity contribution in [2.24, 2.45) is 0 Å². The van der Waals surface area contributed by atoms with Gasteiger partial charge in [0, 0.05) is 18.7 Å². The van der Waals surface area contributed by atoms with Crippen molar-refractivity contribution in [1.82, 2.24) is 20.4 Å². The summed E-state index contributed by atoms with van der Waals surface area (Å²) in [4.78, 5) is 36.6. The Morgan fingerprint density at radius 2 is 1.80 bits per heavy atom. The molecule has 1 aromatic heterocycles. The highest BCUT2D eigenvalue weighted by molar-refractivity contribution is 8.03. The smallest absolute Gasteiger partial charge is 0.324 e. The Balaban J connectivity index is 1.47. The number of carbonyl (C=O) groups is 3. The minimum Gasteiger partial charge on any atom is -0.336 e. The van der Waals surface area contributed by atoms with Crippen molar-refractivity contribution in [2.75, 3.05) is 24.6 Å². The monoisotopic (exact) mass is 394 g/mol. The molecule has 130 valence electrons. The van der Waals surface area contributed by atoms with Crippen LogP contribution in [0.5, 0.6) is 0 Å². The molecule has 25 heavy (non-hydrogen) atoms. The molecule has 10 heteroatoms. The molecule has 0 aliphatic carbocycles. The molecule has 7 nitrogen and oxygen atoms in total. The van der Waals surface area contributed by atoms with E-state index in [1.54, 1.807) is 12.1 Å². The number of thioether (sulfide) groups is 2. The molecule has 1 fully saturated rings. The number of benzene rings is 1. The van der Waals surface area contributed by atoms with Gasteiger partial charge in [-0.25, -0.2) is 4.79 Å². The minimum atomic E-state index is -0.349. The zero-order valence-corrected chi connectivity index (χ0v) is 15.5. The molecule has 0 bridgehead atoms. The van der Waals surface area contributed by atoms with Crippen molar-refractivity contribution in [3.05, 3.63) is 35.9 Å². The van der Waals surface area contributed by atoms with Crippen LogP contribution in [0.2, 0.25) is 0 Å². The van der Waals surface area contributed by atoms with Crippen LogP contribution < -0.4 is 5.32 Å². The lowest BCUT2D eigenvalue weighted by atomic mass is 10.2. The van der Waals surface area contributed by atoms with Gasteiger partial charge in [-0.3, -0.25) is 14.5 Å². The Kier molecular flexibility index (Phi) is 6.05. The summed E-state index contributed by atoms with van der Waals surface area (Å²) in [6, 6.07) is 8.74. The van der Waals surface area contributed by atoms with E-state index >= 15 is 0 Å². The topological polar surface area (TPSA) is 92.3 Å². The van der Waals surface area contributed by atoms with Crippen LogP contribution >= 0.6 is 34.9 Å². The first-order valence-electron chi connectivity index (χ1n) is 7.39. The fourth-order valence-corrected chi connectivity index (χ4v) is 4.85. The third-order valence-electron chi connectivity index (χ3n) is 3.29. The molecule has 1 aromatic carbocycles. The zero-order chi connectivity index (χ0) is 17.6. The first-order valence-corrected chi connectivity index (χ1v) is 10.2. The second kappa shape index (κ2) is 8.45. The summed E-state index contributed by atoms with van der Waals surface area (Å²) in [6.45, 7) is 0.890. The van der Waals surface area contributed by atoms with Gasteiger partial charge in [0.2, 0.25) is 5.91 Å². The molecule has 0 unspecified atom stereocenters. The summed E-state index contributed by atoms with van der Waals surface area (Å²) >= 11 is 3.91. The molecule has 0 atom stereocenters. The molecule has 0 saturated carbocycles. The number of hydrogen-bond donors (Lipinski definition) is 1. The van der Waals surface area contributed by atoms with Gasteiger partial charge in [-0.05, 0) is 0 Å². The zero-order valence-electron chi connectivity index (χ0n) is 13.0. The first kappa shape index (κ1) is 17.9. The second-order valence-corrected chi connectivity index (χ2v) is 8.40. The fraction of sp³-hybridized carbons (Fsp3) is 0.267. The summed E-state index contributed by atoms with van der Waals surface area (Å²) in [5.41, 5.74) is 0.670. The summed E-state index contributed by atoms with van der Waals surface area (Å²) in [6.07, 6.45) is 0. The van der Waals surface area contributed by atoms with Gasteiger partial charge in [-0.15, -0.1) is 10.2 Å². The molecule has 3 amide bonds. The molecular weight excluding hydrogens is 380 g/mol. The van der Waals surface area contributed by atoms with Crippen LogP contribution in [0.1, 0.15) is 10.4 Å². The van der Waals surface area contributed by atoms with Crippen LogP contribution in [0.4, 0.5) is 4.79 Å². The van der Waals surface area contributed by atoms with Crippen LogP contribution in [0.3, 0.4) is 0 Å². The van der Waals surface area contributed by atoms with Gasteiger partial charge in [0.25, 0.3) is 0 Å². The van der Waals surface area contributed by atoms with Crippen molar-refractivity contribution >= 4 is 52.6 Å². The molecule has 1 saturated heterocycles. The van der Waals surface area contributed by atoms with Crippen LogP contribution in [0.25, 0.3) is 0 Å². The minimum absolute atomic E-state index is 0.0326. The highest BCUT2D eigenvalue weighted by Crippen LogP contribution is 2.29. The Morgan fingerprint density at radius 3 is 2.44 bits per heavy atom. The van der Waals surface area contributed by atoms with Crippen LogP contribution in [0.15, 0.2) is 39.0 Å². The predicted octanol–water partition coefficient (Wildman–Crippen LogP) is 2.16. The lowest BCUT2D eigenvalue weighted by Crippen LogP contribution is -2.35. The Labute approximate surface area is 156 Å². The quantitative estimate of drug-likeness (QED) is 0.568. The number of nitrogens with zero attached hydrogens (tertiary/aromatic N) is 3. The number of ketones is 1. The highest BCUT2D eigenvalue weighted by Gasteiger charge is 2.26. The number of aromatic nitrogens is 2. The van der Waals surface area contributed by atoms with Crippen LogP contribution in [-0.2, 0) is 4.79 Å². The van der Waals surface area contributed by atoms with E-state index in [2.05, 4.69) is 15.5 Å². The van der Waals surface area contributed by atoms with E-state index in [1.807, 2.05) is 18.2 Å². The second-order valence-electron chi connectivity index (χ2n) is 4.98. The standard InChI is InChI=1S/C15H14N4O3S3/c20-11(10-4-2-1-3-5-10)8-23-14-17-18-15(25-14)24-9-12(21)19-7-6-16-13(19)22/h1-5H,6-9H2,(H,16,22). The molecule has 2 heterocycles. The third kappa shape index (κ3) is 4.80. The largest absolute Gasteiger partial charge is 0.336 e. The normalized spacial score (nSPS) is 13.8. The highest BCUT2D eigenvalue weighted by atomic mass is 32.2. The molecule has 3 rings (SSSR count). The van der Waals surface area contributed by atoms with E-state index in [9.17, 15) is 14.4 Å². The number of rotatable bonds is 7. The van der Waals surface area contributed by atoms with Crippen molar-refractivity contribution in [3.63, 3.8) is 0 Å². The van der Waals surface area contributed by atoms with E-state index in [0.29, 0.717) is 27.3 Å². The maximum atomic E-state index is 12.1. The molecule has 1 aliphatic rings. The van der Waals surface area contributed by atoms with Crippen molar-refractivity contribution in [3.8, 4) is 0 Å². The predicted molar refractivity (Wildman–Crippen MR) is 97.2 cm³/mol. The van der Waals surface area contributed by atoms with Crippen molar-refractivity contribution < 1.29 is 14.4 Å². The van der Waals surface area contributed by atoms with Crippen molar-refractivity contribution in [1.29, 1.82) is 0 Å². The lowest BCUT2D eigenvalue weighted by molar-refractivity contribution is -0.124. The average Bonchev–Trinajstić information content (AvgIpc) is 3.27. The van der Waals surface area contributed by atoms with E-state index < -0.39 is 0 Å². The summed E-state index contributed by atoms with van der Waals surface area (Å²) < 4.78 is 1.32. The third-order valence-corrected chi connectivity index (χ3v) is 6.46. The summed E-state index contributed by atoms with van der Waals surface area (Å²) in [5, 5.41) is 10.6. The van der Waals surface area contributed by atoms with Crippen LogP contribution in [0, 0.1) is 0 Å². The van der Waals surface area contributed by atoms with Gasteiger partial charge in [0.1, 0.15) is 0 Å². The Morgan fingerprint density at radius 1 is 1.12 bits per heavy atom. The molecule has 0 radical (unpaired) electrons. The number of imide groups is 1. The van der Waals surface area contributed by atoms with Gasteiger partial charge in [-0.1, -0.05) is 65.2 Å². The van der Waals surface area contributed by atoms with E-state index in [4.69, 9.17) is 0 Å². The molecule has 0 spiro atoms. The number of carbonyl (C=O) groups excluding carboxylic acids is 3. The molecule has 1 aliphatic heterocycles. The first-order chi connectivity index (χ1) is 12.1. The fourth-order valence-electron chi connectivity index (χ4n) is 2.06. The molecular formula is C15H14N4O3S3. The Hall–Kier alpha value is -1.91. The SMILES string of the molecule is O=C(CSc1nnc(SCC(=O)N2CCNC2=O)s1)c1ccccc1. The van der Waals surface area contributed by atoms with Gasteiger partial charge in [0.15, 0.2) is 14.5 Å². The number of amides is 3. The van der Waals surface area contributed by atoms with Gasteiger partial charge in [-0.2, -0.15) is 0 Å². The van der Waals surface area contributed by atoms with Gasteiger partial charge in [0.05, 0.1) is 11.5 Å². The number of urea groups is 1. The maximum Gasteiger partial charge on any atom is 0.324 e. The van der Waals surface area contributed by atoms with Crippen LogP contribution in [-0.4, -0.2) is 57.4 Å². The van der Waals surface area contributed by atoms with Gasteiger partial charge >= 0.3 is 6.03 Å². The lowest BCUT2D eigenvalue weighted by Gasteiger charge is -2.10. The average molecular weight is 395 g/mol.